The third-order valence-corrected chi connectivity index (χ3v) is 3.03. The van der Waals surface area contributed by atoms with E-state index in [-0.39, 0.29) is 5.78 Å². The molecule has 1 aromatic heterocycles. The molecule has 0 aliphatic rings. The summed E-state index contributed by atoms with van der Waals surface area (Å²) in [6, 6.07) is 7.79. The highest BCUT2D eigenvalue weighted by Gasteiger charge is 2.19. The molecule has 0 radical (unpaired) electrons. The maximum Gasteiger partial charge on any atom is 0.166 e. The van der Waals surface area contributed by atoms with Crippen LogP contribution >= 0.6 is 0 Å². The lowest BCUT2D eigenvalue weighted by Crippen LogP contribution is -1.96. The van der Waals surface area contributed by atoms with E-state index in [0.717, 1.165) is 23.1 Å². The molecule has 0 amide bonds. The summed E-state index contributed by atoms with van der Waals surface area (Å²) in [6.07, 6.45) is 0.759. The Kier molecular flexibility index (Phi) is 3.15. The number of aldehydes is 1. The van der Waals surface area contributed by atoms with Crippen LogP contribution in [0.15, 0.2) is 24.3 Å². The Labute approximate surface area is 106 Å². The summed E-state index contributed by atoms with van der Waals surface area (Å²) >= 11 is 0. The Morgan fingerprint density at radius 3 is 2.28 bits per heavy atom. The van der Waals surface area contributed by atoms with Gasteiger partial charge >= 0.3 is 0 Å². The van der Waals surface area contributed by atoms with Crippen molar-refractivity contribution in [2.45, 2.75) is 20.8 Å². The van der Waals surface area contributed by atoms with E-state index >= 15 is 0 Å². The van der Waals surface area contributed by atoms with E-state index in [1.807, 2.05) is 31.2 Å². The predicted octanol–water partition coefficient (Wildman–Crippen LogP) is 3.31. The van der Waals surface area contributed by atoms with Gasteiger partial charge in [0.05, 0.1) is 5.69 Å². The quantitative estimate of drug-likeness (QED) is 0.662. The van der Waals surface area contributed by atoms with Gasteiger partial charge in [-0.1, -0.05) is 29.8 Å². The molecule has 0 aliphatic carbocycles. The molecule has 1 heterocycles. The second-order valence-corrected chi connectivity index (χ2v) is 4.45. The van der Waals surface area contributed by atoms with E-state index in [4.69, 9.17) is 0 Å². The molecule has 0 atom stereocenters. The van der Waals surface area contributed by atoms with E-state index in [0.29, 0.717) is 16.8 Å². The zero-order valence-corrected chi connectivity index (χ0v) is 10.7. The summed E-state index contributed by atoms with van der Waals surface area (Å²) in [5.41, 5.74) is 4.53. The smallest absolute Gasteiger partial charge is 0.166 e. The number of hydrogen-bond donors (Lipinski definition) is 1. The van der Waals surface area contributed by atoms with Crippen LogP contribution in [0.25, 0.3) is 11.1 Å². The van der Waals surface area contributed by atoms with Crippen LogP contribution in [0.4, 0.5) is 0 Å². The van der Waals surface area contributed by atoms with Crippen molar-refractivity contribution < 1.29 is 9.59 Å². The molecule has 0 unspecified atom stereocenters. The standard InChI is InChI=1S/C15H15NO2/c1-9-4-6-12(7-5-9)15-13(8-17)16-10(2)14(15)11(3)18/h4-8,16H,1-3H3. The molecule has 1 N–H and O–H groups in total. The van der Waals surface area contributed by atoms with Crippen LogP contribution in [0.5, 0.6) is 0 Å². The van der Waals surface area contributed by atoms with Crippen molar-refractivity contribution in [3.8, 4) is 11.1 Å². The Balaban J connectivity index is 2.71. The number of rotatable bonds is 3. The number of benzene rings is 1. The number of nitrogens with one attached hydrogen (secondary N) is 1. The van der Waals surface area contributed by atoms with Crippen LogP contribution < -0.4 is 0 Å². The monoisotopic (exact) mass is 241 g/mol. The van der Waals surface area contributed by atoms with Gasteiger partial charge in [0.25, 0.3) is 0 Å². The van der Waals surface area contributed by atoms with Crippen molar-refractivity contribution in [3.05, 3.63) is 46.8 Å². The second kappa shape index (κ2) is 4.61. The fourth-order valence-electron chi connectivity index (χ4n) is 2.20. The molecular formula is C15H15NO2. The van der Waals surface area contributed by atoms with Gasteiger partial charge in [0.1, 0.15) is 0 Å². The highest BCUT2D eigenvalue weighted by Crippen LogP contribution is 2.30. The molecule has 2 aromatic rings. The van der Waals surface area contributed by atoms with Gasteiger partial charge < -0.3 is 4.98 Å². The number of ketones is 1. The summed E-state index contributed by atoms with van der Waals surface area (Å²) in [6.45, 7) is 5.32. The average Bonchev–Trinajstić information content (AvgIpc) is 2.67. The van der Waals surface area contributed by atoms with Gasteiger partial charge in [0.15, 0.2) is 12.1 Å². The predicted molar refractivity (Wildman–Crippen MR) is 71.1 cm³/mol. The minimum atomic E-state index is -0.0348. The first-order valence-corrected chi connectivity index (χ1v) is 5.80. The Morgan fingerprint density at radius 1 is 1.17 bits per heavy atom. The lowest BCUT2D eigenvalue weighted by molar-refractivity contribution is 0.101. The molecule has 0 fully saturated rings. The number of aryl methyl sites for hydroxylation is 2. The van der Waals surface area contributed by atoms with E-state index in [1.54, 1.807) is 6.92 Å². The van der Waals surface area contributed by atoms with E-state index in [1.165, 1.54) is 6.92 Å². The van der Waals surface area contributed by atoms with Crippen LogP contribution in [-0.4, -0.2) is 17.1 Å². The zero-order chi connectivity index (χ0) is 13.3. The lowest BCUT2D eigenvalue weighted by Gasteiger charge is -2.04. The fraction of sp³-hybridized carbons (Fsp3) is 0.200. The second-order valence-electron chi connectivity index (χ2n) is 4.45. The molecule has 0 bridgehead atoms. The molecule has 2 rings (SSSR count). The topological polar surface area (TPSA) is 49.9 Å². The molecule has 1 aromatic carbocycles. The zero-order valence-electron chi connectivity index (χ0n) is 10.7. The van der Waals surface area contributed by atoms with Crippen molar-refractivity contribution in [2.24, 2.45) is 0 Å². The third kappa shape index (κ3) is 1.99. The Morgan fingerprint density at radius 2 is 1.78 bits per heavy atom. The number of aromatic nitrogens is 1. The first-order chi connectivity index (χ1) is 8.54. The molecule has 0 aliphatic heterocycles. The molecule has 92 valence electrons. The molecular weight excluding hydrogens is 226 g/mol. The van der Waals surface area contributed by atoms with Crippen LogP contribution in [-0.2, 0) is 0 Å². The van der Waals surface area contributed by atoms with Crippen LogP contribution in [0.3, 0.4) is 0 Å². The average molecular weight is 241 g/mol. The normalized spacial score (nSPS) is 10.4. The van der Waals surface area contributed by atoms with Gasteiger partial charge in [0.2, 0.25) is 0 Å². The maximum atomic E-state index is 11.7. The number of carbonyl (C=O) groups excluding carboxylic acids is 2. The molecule has 3 heteroatoms. The van der Waals surface area contributed by atoms with Crippen molar-refractivity contribution >= 4 is 12.1 Å². The van der Waals surface area contributed by atoms with Gasteiger partial charge in [-0.3, -0.25) is 9.59 Å². The minimum absolute atomic E-state index is 0.0348. The number of hydrogen-bond acceptors (Lipinski definition) is 2. The van der Waals surface area contributed by atoms with Gasteiger partial charge in [-0.2, -0.15) is 0 Å². The Hall–Kier alpha value is -2.16. The Bertz CT molecular complexity index is 606. The lowest BCUT2D eigenvalue weighted by atomic mass is 9.97. The molecule has 18 heavy (non-hydrogen) atoms. The van der Waals surface area contributed by atoms with Crippen molar-refractivity contribution in [1.29, 1.82) is 0 Å². The summed E-state index contributed by atoms with van der Waals surface area (Å²) in [5, 5.41) is 0. The maximum absolute atomic E-state index is 11.7. The number of Topliss-reactive ketones (excluding diaryl/α,β-unsaturated/α-hetero) is 1. The SMILES string of the molecule is CC(=O)c1c(C)[nH]c(C=O)c1-c1ccc(C)cc1. The largest absolute Gasteiger partial charge is 0.355 e. The number of aromatic amines is 1. The van der Waals surface area contributed by atoms with Crippen molar-refractivity contribution in [2.75, 3.05) is 0 Å². The van der Waals surface area contributed by atoms with E-state index < -0.39 is 0 Å². The van der Waals surface area contributed by atoms with Crippen LogP contribution in [0.2, 0.25) is 0 Å². The van der Waals surface area contributed by atoms with Crippen LogP contribution in [0.1, 0.15) is 39.0 Å². The van der Waals surface area contributed by atoms with Crippen molar-refractivity contribution in [1.82, 2.24) is 4.98 Å². The fourth-order valence-corrected chi connectivity index (χ4v) is 2.20. The molecule has 3 nitrogen and oxygen atoms in total. The van der Waals surface area contributed by atoms with Crippen molar-refractivity contribution in [3.63, 3.8) is 0 Å². The van der Waals surface area contributed by atoms with Gasteiger partial charge in [-0.15, -0.1) is 0 Å². The van der Waals surface area contributed by atoms with E-state index in [2.05, 4.69) is 4.98 Å². The number of H-pyrrole nitrogens is 1. The van der Waals surface area contributed by atoms with Gasteiger partial charge in [0, 0.05) is 16.8 Å². The summed E-state index contributed by atoms with van der Waals surface area (Å²) in [7, 11) is 0. The molecule has 0 saturated heterocycles. The highest BCUT2D eigenvalue weighted by atomic mass is 16.1. The summed E-state index contributed by atoms with van der Waals surface area (Å²) in [4.78, 5) is 25.8. The van der Waals surface area contributed by atoms with Crippen LogP contribution in [0, 0.1) is 13.8 Å². The first-order valence-electron chi connectivity index (χ1n) is 5.80. The summed E-state index contributed by atoms with van der Waals surface area (Å²) < 4.78 is 0. The highest BCUT2D eigenvalue weighted by molar-refractivity contribution is 6.06. The number of carbonyl (C=O) groups is 2. The third-order valence-electron chi connectivity index (χ3n) is 3.03. The minimum Gasteiger partial charge on any atom is -0.355 e. The van der Waals surface area contributed by atoms with Gasteiger partial charge in [-0.25, -0.2) is 0 Å². The first kappa shape index (κ1) is 12.3. The molecule has 0 saturated carbocycles. The van der Waals surface area contributed by atoms with E-state index in [9.17, 15) is 9.59 Å². The molecule has 0 spiro atoms. The van der Waals surface area contributed by atoms with Gasteiger partial charge in [-0.05, 0) is 26.3 Å². The summed E-state index contributed by atoms with van der Waals surface area (Å²) in [5.74, 6) is -0.0348.